The summed E-state index contributed by atoms with van der Waals surface area (Å²) in [6.07, 6.45) is 6.64. The van der Waals surface area contributed by atoms with E-state index in [0.29, 0.717) is 0 Å². The van der Waals surface area contributed by atoms with Gasteiger partial charge in [-0.2, -0.15) is 5.26 Å². The lowest BCUT2D eigenvalue weighted by Crippen LogP contribution is -2.10. The highest BCUT2D eigenvalue weighted by Gasteiger charge is 2.09. The molecule has 0 aromatic rings. The first-order valence-corrected chi connectivity index (χ1v) is 7.52. The van der Waals surface area contributed by atoms with Crippen LogP contribution in [0, 0.1) is 11.3 Å². The van der Waals surface area contributed by atoms with Crippen LogP contribution >= 0.6 is 0 Å². The van der Waals surface area contributed by atoms with E-state index in [-0.39, 0.29) is 17.9 Å². The van der Waals surface area contributed by atoms with Crippen molar-refractivity contribution in [2.45, 2.75) is 51.9 Å². The Morgan fingerprint density at radius 2 is 1.60 bits per heavy atom. The number of hydrogen-bond donors (Lipinski definition) is 0. The van der Waals surface area contributed by atoms with Crippen LogP contribution in [0.5, 0.6) is 0 Å². The fraction of sp³-hybridized carbons (Fsp3) is 0.909. The summed E-state index contributed by atoms with van der Waals surface area (Å²) in [6, 6.07) is 1.86. The molecule has 0 spiro atoms. The van der Waals surface area contributed by atoms with Crippen LogP contribution in [0.4, 0.5) is 0 Å². The van der Waals surface area contributed by atoms with Gasteiger partial charge >= 0.3 is 0 Å². The molecule has 0 radical (unpaired) electrons. The second kappa shape index (κ2) is 8.72. The Morgan fingerprint density at radius 3 is 2.20 bits per heavy atom. The molecule has 0 bridgehead atoms. The van der Waals surface area contributed by atoms with Crippen molar-refractivity contribution in [1.82, 2.24) is 0 Å². The number of rotatable bonds is 9. The number of unbranched alkanes of at least 4 members (excludes halogenated alkanes) is 5. The van der Waals surface area contributed by atoms with E-state index in [1.165, 1.54) is 19.3 Å². The maximum Gasteiger partial charge on any atom is 0.151 e. The molecule has 0 rings (SSSR count). The van der Waals surface area contributed by atoms with Gasteiger partial charge in [0, 0.05) is 6.42 Å². The quantitative estimate of drug-likeness (QED) is 0.573. The van der Waals surface area contributed by atoms with E-state index in [1.807, 2.05) is 6.07 Å². The molecule has 0 saturated heterocycles. The van der Waals surface area contributed by atoms with Gasteiger partial charge in [-0.05, 0) is 6.42 Å². The van der Waals surface area contributed by atoms with Crippen molar-refractivity contribution in [1.29, 1.82) is 5.26 Å². The molecule has 4 heteroatoms. The molecular formula is C11H21NO2S. The second-order valence-corrected chi connectivity index (χ2v) is 6.13. The minimum atomic E-state index is -2.96. The third kappa shape index (κ3) is 9.74. The highest BCUT2D eigenvalue weighted by molar-refractivity contribution is 7.91. The van der Waals surface area contributed by atoms with Crippen LogP contribution in [-0.2, 0) is 9.84 Å². The number of nitriles is 1. The summed E-state index contributed by atoms with van der Waals surface area (Å²) < 4.78 is 22.7. The summed E-state index contributed by atoms with van der Waals surface area (Å²) in [5, 5.41) is 8.28. The predicted octanol–water partition coefficient (Wildman–Crippen LogP) is 2.68. The van der Waals surface area contributed by atoms with Crippen molar-refractivity contribution in [3.8, 4) is 6.07 Å². The number of hydrogen-bond acceptors (Lipinski definition) is 3. The average Bonchev–Trinajstić information content (AvgIpc) is 2.20. The monoisotopic (exact) mass is 231 g/mol. The SMILES string of the molecule is CCCCCCCCS(=O)(=O)CCC#N. The molecule has 15 heavy (non-hydrogen) atoms. The zero-order valence-corrected chi connectivity index (χ0v) is 10.4. The van der Waals surface area contributed by atoms with Crippen LogP contribution in [0.3, 0.4) is 0 Å². The minimum absolute atomic E-state index is 0.0262. The third-order valence-corrected chi connectivity index (χ3v) is 4.07. The molecule has 3 nitrogen and oxygen atoms in total. The van der Waals surface area contributed by atoms with Gasteiger partial charge in [0.2, 0.25) is 0 Å². The average molecular weight is 231 g/mol. The summed E-state index contributed by atoms with van der Waals surface area (Å²) in [5.41, 5.74) is 0. The largest absolute Gasteiger partial charge is 0.229 e. The maximum atomic E-state index is 11.3. The molecule has 0 heterocycles. The van der Waals surface area contributed by atoms with E-state index >= 15 is 0 Å². The van der Waals surface area contributed by atoms with E-state index in [9.17, 15) is 8.42 Å². The summed E-state index contributed by atoms with van der Waals surface area (Å²) in [5.74, 6) is 0.277. The molecule has 0 aliphatic carbocycles. The highest BCUT2D eigenvalue weighted by Crippen LogP contribution is 2.07. The van der Waals surface area contributed by atoms with Gasteiger partial charge in [0.25, 0.3) is 0 Å². The standard InChI is InChI=1S/C11H21NO2S/c1-2-3-4-5-6-7-10-15(13,14)11-8-9-12/h2-8,10-11H2,1H3. The van der Waals surface area contributed by atoms with Crippen LogP contribution in [0.25, 0.3) is 0 Å². The van der Waals surface area contributed by atoms with Crippen molar-refractivity contribution >= 4 is 9.84 Å². The third-order valence-electron chi connectivity index (χ3n) is 2.33. The fourth-order valence-corrected chi connectivity index (χ4v) is 2.66. The van der Waals surface area contributed by atoms with Crippen molar-refractivity contribution < 1.29 is 8.42 Å². The molecule has 0 aliphatic rings. The van der Waals surface area contributed by atoms with Gasteiger partial charge in [0.1, 0.15) is 0 Å². The molecule has 0 aromatic carbocycles. The number of sulfone groups is 1. The Kier molecular flexibility index (Phi) is 8.40. The van der Waals surface area contributed by atoms with Crippen LogP contribution in [0.2, 0.25) is 0 Å². The topological polar surface area (TPSA) is 57.9 Å². The summed E-state index contributed by atoms with van der Waals surface area (Å²) in [7, 11) is -2.96. The maximum absolute atomic E-state index is 11.3. The molecule has 88 valence electrons. The molecule has 0 N–H and O–H groups in total. The van der Waals surface area contributed by atoms with Crippen LogP contribution in [0.15, 0.2) is 0 Å². The van der Waals surface area contributed by atoms with Crippen molar-refractivity contribution in [3.05, 3.63) is 0 Å². The van der Waals surface area contributed by atoms with Gasteiger partial charge in [-0.1, -0.05) is 39.0 Å². The fourth-order valence-electron chi connectivity index (χ4n) is 1.41. The van der Waals surface area contributed by atoms with E-state index in [0.717, 1.165) is 19.3 Å². The van der Waals surface area contributed by atoms with Crippen LogP contribution in [-0.4, -0.2) is 19.9 Å². The van der Waals surface area contributed by atoms with Crippen LogP contribution < -0.4 is 0 Å². The summed E-state index contributed by atoms with van der Waals surface area (Å²) in [6.45, 7) is 2.16. The van der Waals surface area contributed by atoms with Crippen molar-refractivity contribution in [2.24, 2.45) is 0 Å². The Balaban J connectivity index is 3.46. The van der Waals surface area contributed by atoms with Gasteiger partial charge in [-0.25, -0.2) is 8.42 Å². The lowest BCUT2D eigenvalue weighted by molar-refractivity contribution is 0.583. The van der Waals surface area contributed by atoms with Gasteiger partial charge in [-0.15, -0.1) is 0 Å². The Hall–Kier alpha value is -0.560. The molecule has 0 fully saturated rings. The first-order chi connectivity index (χ1) is 7.12. The molecule has 0 unspecified atom stereocenters. The van der Waals surface area contributed by atoms with E-state index in [1.54, 1.807) is 0 Å². The number of nitrogens with zero attached hydrogens (tertiary/aromatic N) is 1. The van der Waals surface area contributed by atoms with E-state index in [2.05, 4.69) is 6.92 Å². The lowest BCUT2D eigenvalue weighted by Gasteiger charge is -2.01. The predicted molar refractivity (Wildman–Crippen MR) is 62.3 cm³/mol. The molecule has 0 aliphatic heterocycles. The van der Waals surface area contributed by atoms with Gasteiger partial charge in [-0.3, -0.25) is 0 Å². The molecule has 0 saturated carbocycles. The normalized spacial score (nSPS) is 11.2. The zero-order chi connectivity index (χ0) is 11.6. The first kappa shape index (κ1) is 14.4. The Labute approximate surface area is 93.4 Å². The Bertz CT molecular complexity index is 277. The zero-order valence-electron chi connectivity index (χ0n) is 9.54. The van der Waals surface area contributed by atoms with Crippen LogP contribution in [0.1, 0.15) is 51.9 Å². The van der Waals surface area contributed by atoms with E-state index in [4.69, 9.17) is 5.26 Å². The molecular weight excluding hydrogens is 210 g/mol. The molecule has 0 amide bonds. The smallest absolute Gasteiger partial charge is 0.151 e. The highest BCUT2D eigenvalue weighted by atomic mass is 32.2. The first-order valence-electron chi connectivity index (χ1n) is 5.69. The Morgan fingerprint density at radius 1 is 1.00 bits per heavy atom. The lowest BCUT2D eigenvalue weighted by atomic mass is 10.1. The van der Waals surface area contributed by atoms with Gasteiger partial charge < -0.3 is 0 Å². The van der Waals surface area contributed by atoms with E-state index < -0.39 is 9.84 Å². The van der Waals surface area contributed by atoms with Crippen molar-refractivity contribution in [3.63, 3.8) is 0 Å². The molecule has 0 aromatic heterocycles. The van der Waals surface area contributed by atoms with Crippen molar-refractivity contribution in [2.75, 3.05) is 11.5 Å². The van der Waals surface area contributed by atoms with Gasteiger partial charge in [0.05, 0.1) is 17.6 Å². The second-order valence-electron chi connectivity index (χ2n) is 3.83. The molecule has 0 atom stereocenters. The summed E-state index contributed by atoms with van der Waals surface area (Å²) >= 11 is 0. The van der Waals surface area contributed by atoms with Gasteiger partial charge in [0.15, 0.2) is 9.84 Å². The summed E-state index contributed by atoms with van der Waals surface area (Å²) in [4.78, 5) is 0. The minimum Gasteiger partial charge on any atom is -0.229 e.